The van der Waals surface area contributed by atoms with E-state index in [0.29, 0.717) is 30.1 Å². The average Bonchev–Trinajstić information content (AvgIpc) is 3.07. The van der Waals surface area contributed by atoms with Crippen molar-refractivity contribution in [2.24, 2.45) is 11.7 Å². The van der Waals surface area contributed by atoms with Crippen LogP contribution in [0.1, 0.15) is 32.1 Å². The van der Waals surface area contributed by atoms with Crippen LogP contribution in [0, 0.1) is 5.92 Å². The number of hydrogen-bond donors (Lipinski definition) is 2. The Labute approximate surface area is 153 Å². The van der Waals surface area contributed by atoms with Crippen LogP contribution in [0.5, 0.6) is 0 Å². The first-order chi connectivity index (χ1) is 11.1. The molecule has 1 saturated carbocycles. The van der Waals surface area contributed by atoms with E-state index in [1.165, 1.54) is 0 Å². The van der Waals surface area contributed by atoms with E-state index in [1.54, 1.807) is 11.0 Å². The van der Waals surface area contributed by atoms with E-state index in [0.717, 1.165) is 19.3 Å². The quantitative estimate of drug-likeness (QED) is 0.853. The molecule has 1 saturated heterocycles. The van der Waals surface area contributed by atoms with Crippen LogP contribution in [-0.4, -0.2) is 30.4 Å². The Balaban J connectivity index is 0.00000208. The molecule has 0 radical (unpaired) electrons. The summed E-state index contributed by atoms with van der Waals surface area (Å²) in [6, 6.07) is 6.91. The van der Waals surface area contributed by atoms with Crippen LogP contribution in [0.3, 0.4) is 0 Å². The van der Waals surface area contributed by atoms with Crippen LogP contribution in [0.4, 0.5) is 5.69 Å². The molecule has 1 aromatic carbocycles. The molecule has 2 aliphatic rings. The van der Waals surface area contributed by atoms with Crippen LogP contribution >= 0.6 is 24.0 Å². The molecule has 5 nitrogen and oxygen atoms in total. The van der Waals surface area contributed by atoms with Crippen LogP contribution in [0.2, 0.25) is 5.02 Å². The van der Waals surface area contributed by atoms with Gasteiger partial charge >= 0.3 is 0 Å². The van der Waals surface area contributed by atoms with Gasteiger partial charge < -0.3 is 16.0 Å². The van der Waals surface area contributed by atoms with Crippen LogP contribution in [-0.2, 0) is 9.59 Å². The summed E-state index contributed by atoms with van der Waals surface area (Å²) in [6.45, 7) is 0.566. The van der Waals surface area contributed by atoms with Gasteiger partial charge in [-0.05, 0) is 37.3 Å². The number of amides is 2. The van der Waals surface area contributed by atoms with Gasteiger partial charge in [-0.25, -0.2) is 0 Å². The Morgan fingerprint density at radius 1 is 1.29 bits per heavy atom. The number of halogens is 2. The second-order valence-corrected chi connectivity index (χ2v) is 6.82. The second kappa shape index (κ2) is 8.19. The molecule has 0 bridgehead atoms. The topological polar surface area (TPSA) is 75.4 Å². The van der Waals surface area contributed by atoms with E-state index < -0.39 is 6.04 Å². The predicted molar refractivity (Wildman–Crippen MR) is 97.5 cm³/mol. The van der Waals surface area contributed by atoms with Gasteiger partial charge in [0, 0.05) is 19.0 Å². The van der Waals surface area contributed by atoms with Gasteiger partial charge in [-0.3, -0.25) is 9.59 Å². The number of nitrogens with one attached hydrogen (secondary N) is 1. The summed E-state index contributed by atoms with van der Waals surface area (Å²) in [5.74, 6) is 0.0695. The van der Waals surface area contributed by atoms with E-state index in [-0.39, 0.29) is 36.2 Å². The fourth-order valence-electron chi connectivity index (χ4n) is 3.53. The van der Waals surface area contributed by atoms with Gasteiger partial charge in [-0.1, -0.05) is 30.2 Å². The SMILES string of the molecule is Cl.N[C@@H]1CCC[C@H]1CC(=O)NC1CCN(c2ccccc2Cl)C1=O. The van der Waals surface area contributed by atoms with Gasteiger partial charge in [0.25, 0.3) is 0 Å². The van der Waals surface area contributed by atoms with Crippen molar-refractivity contribution in [3.63, 3.8) is 0 Å². The number of rotatable bonds is 4. The molecule has 24 heavy (non-hydrogen) atoms. The van der Waals surface area contributed by atoms with Gasteiger partial charge in [0.05, 0.1) is 10.7 Å². The molecular weight excluding hydrogens is 349 g/mol. The minimum Gasteiger partial charge on any atom is -0.344 e. The Hall–Kier alpha value is -1.30. The van der Waals surface area contributed by atoms with E-state index in [4.69, 9.17) is 17.3 Å². The van der Waals surface area contributed by atoms with Gasteiger partial charge in [-0.15, -0.1) is 12.4 Å². The Bertz CT molecular complexity index is 611. The molecule has 3 N–H and O–H groups in total. The smallest absolute Gasteiger partial charge is 0.249 e. The maximum absolute atomic E-state index is 12.5. The lowest BCUT2D eigenvalue weighted by Crippen LogP contribution is -2.42. The van der Waals surface area contributed by atoms with E-state index in [2.05, 4.69) is 5.32 Å². The lowest BCUT2D eigenvalue weighted by Gasteiger charge is -2.19. The number of anilines is 1. The highest BCUT2D eigenvalue weighted by atomic mass is 35.5. The highest BCUT2D eigenvalue weighted by Gasteiger charge is 2.35. The monoisotopic (exact) mass is 371 g/mol. The molecule has 0 aromatic heterocycles. The molecule has 1 unspecified atom stereocenters. The first-order valence-corrected chi connectivity index (χ1v) is 8.55. The number of nitrogens with zero attached hydrogens (tertiary/aromatic N) is 1. The largest absolute Gasteiger partial charge is 0.344 e. The molecular formula is C17H23Cl2N3O2. The molecule has 3 rings (SSSR count). The van der Waals surface area contributed by atoms with E-state index in [1.807, 2.05) is 18.2 Å². The number of benzene rings is 1. The van der Waals surface area contributed by atoms with Crippen molar-refractivity contribution in [1.29, 1.82) is 0 Å². The molecule has 2 fully saturated rings. The minimum atomic E-state index is -0.462. The summed E-state index contributed by atoms with van der Waals surface area (Å²) >= 11 is 6.16. The highest BCUT2D eigenvalue weighted by molar-refractivity contribution is 6.34. The lowest BCUT2D eigenvalue weighted by molar-refractivity contribution is -0.127. The number of nitrogens with two attached hydrogens (primary N) is 1. The first-order valence-electron chi connectivity index (χ1n) is 8.17. The Morgan fingerprint density at radius 2 is 2.04 bits per heavy atom. The standard InChI is InChI=1S/C17H22ClN3O2.ClH/c18-12-5-1-2-7-15(12)21-9-8-14(17(21)23)20-16(22)10-11-4-3-6-13(11)19;/h1-2,5,7,11,13-14H,3-4,6,8-10,19H2,(H,20,22);1H/t11-,13+,14?;/m0./s1. The van der Waals surface area contributed by atoms with Gasteiger partial charge in [0.2, 0.25) is 11.8 Å². The first kappa shape index (κ1) is 19.0. The molecule has 2 amide bonds. The summed E-state index contributed by atoms with van der Waals surface area (Å²) in [5, 5.41) is 3.41. The molecule has 3 atom stereocenters. The van der Waals surface area contributed by atoms with Crippen molar-refractivity contribution < 1.29 is 9.59 Å². The molecule has 1 heterocycles. The van der Waals surface area contributed by atoms with E-state index in [9.17, 15) is 9.59 Å². The molecule has 0 spiro atoms. The Morgan fingerprint density at radius 3 is 2.71 bits per heavy atom. The molecule has 1 aliphatic heterocycles. The van der Waals surface area contributed by atoms with Gasteiger partial charge in [0.1, 0.15) is 6.04 Å². The summed E-state index contributed by atoms with van der Waals surface area (Å²) in [5.41, 5.74) is 6.71. The summed E-state index contributed by atoms with van der Waals surface area (Å²) in [4.78, 5) is 26.4. The average molecular weight is 372 g/mol. The van der Waals surface area contributed by atoms with Crippen molar-refractivity contribution in [3.8, 4) is 0 Å². The third-order valence-electron chi connectivity index (χ3n) is 4.85. The van der Waals surface area contributed by atoms with Crippen LogP contribution in [0.25, 0.3) is 0 Å². The fraction of sp³-hybridized carbons (Fsp3) is 0.529. The molecule has 132 valence electrons. The third-order valence-corrected chi connectivity index (χ3v) is 5.17. The molecule has 1 aliphatic carbocycles. The summed E-state index contributed by atoms with van der Waals surface area (Å²) < 4.78 is 0. The third kappa shape index (κ3) is 4.02. The zero-order valence-corrected chi connectivity index (χ0v) is 15.0. The van der Waals surface area contributed by atoms with Crippen molar-refractivity contribution in [1.82, 2.24) is 5.32 Å². The van der Waals surface area contributed by atoms with Crippen molar-refractivity contribution in [3.05, 3.63) is 29.3 Å². The Kier molecular flexibility index (Phi) is 6.49. The molecule has 1 aromatic rings. The fourth-order valence-corrected chi connectivity index (χ4v) is 3.77. The maximum Gasteiger partial charge on any atom is 0.249 e. The van der Waals surface area contributed by atoms with Crippen molar-refractivity contribution in [2.45, 2.75) is 44.2 Å². The predicted octanol–water partition coefficient (Wildman–Crippen LogP) is 2.50. The van der Waals surface area contributed by atoms with Gasteiger partial charge in [0.15, 0.2) is 0 Å². The van der Waals surface area contributed by atoms with Crippen LogP contribution in [0.15, 0.2) is 24.3 Å². The number of carbonyl (C=O) groups is 2. The highest BCUT2D eigenvalue weighted by Crippen LogP contribution is 2.30. The summed E-state index contributed by atoms with van der Waals surface area (Å²) in [6.07, 6.45) is 4.09. The zero-order valence-electron chi connectivity index (χ0n) is 13.4. The number of para-hydroxylation sites is 1. The number of carbonyl (C=O) groups excluding carboxylic acids is 2. The second-order valence-electron chi connectivity index (χ2n) is 6.41. The van der Waals surface area contributed by atoms with Gasteiger partial charge in [-0.2, -0.15) is 0 Å². The normalized spacial score (nSPS) is 26.3. The van der Waals surface area contributed by atoms with Crippen molar-refractivity contribution in [2.75, 3.05) is 11.4 Å². The molecule has 7 heteroatoms. The summed E-state index contributed by atoms with van der Waals surface area (Å²) in [7, 11) is 0. The van der Waals surface area contributed by atoms with Crippen molar-refractivity contribution >= 4 is 41.5 Å². The minimum absolute atomic E-state index is 0. The maximum atomic E-state index is 12.5. The zero-order chi connectivity index (χ0) is 16.4. The number of hydrogen-bond acceptors (Lipinski definition) is 3. The van der Waals surface area contributed by atoms with E-state index >= 15 is 0 Å². The van der Waals surface area contributed by atoms with Crippen LogP contribution < -0.4 is 16.0 Å². The lowest BCUT2D eigenvalue weighted by atomic mass is 9.99.